The van der Waals surface area contributed by atoms with Gasteiger partial charge < -0.3 is 20.5 Å². The molecule has 1 unspecified atom stereocenters. The largest absolute Gasteiger partial charge is 0.481 e. The zero-order valence-corrected chi connectivity index (χ0v) is 11.1. The smallest absolute Gasteiger partial charge is 0.307 e. The number of carbonyl (C=O) groups is 2. The Morgan fingerprint density at radius 1 is 1.40 bits per heavy atom. The van der Waals surface area contributed by atoms with Crippen LogP contribution in [0.25, 0.3) is 0 Å². The number of hydrogen-bond donors (Lipinski definition) is 3. The van der Waals surface area contributed by atoms with Gasteiger partial charge in [0, 0.05) is 18.8 Å². The van der Waals surface area contributed by atoms with Gasteiger partial charge in [-0.3, -0.25) is 9.59 Å². The van der Waals surface area contributed by atoms with Gasteiger partial charge in [0.05, 0.1) is 25.6 Å². The summed E-state index contributed by atoms with van der Waals surface area (Å²) < 4.78 is 5.46. The lowest BCUT2D eigenvalue weighted by Crippen LogP contribution is -2.40. The summed E-state index contributed by atoms with van der Waals surface area (Å²) in [4.78, 5) is 22.7. The van der Waals surface area contributed by atoms with E-state index in [-0.39, 0.29) is 24.9 Å². The minimum atomic E-state index is -0.925. The second kappa shape index (κ2) is 7.02. The fourth-order valence-corrected chi connectivity index (χ4v) is 2.12. The molecule has 1 atom stereocenters. The highest BCUT2D eigenvalue weighted by atomic mass is 16.5. The van der Waals surface area contributed by atoms with E-state index in [2.05, 4.69) is 10.6 Å². The zero-order chi connectivity index (χ0) is 14.4. The highest BCUT2D eigenvalue weighted by Gasteiger charge is 2.18. The Hall–Kier alpha value is -1.92. The number of anilines is 1. The van der Waals surface area contributed by atoms with Gasteiger partial charge in [-0.05, 0) is 11.6 Å². The van der Waals surface area contributed by atoms with E-state index < -0.39 is 5.97 Å². The molecule has 6 nitrogen and oxygen atoms in total. The van der Waals surface area contributed by atoms with Crippen molar-refractivity contribution in [2.45, 2.75) is 18.9 Å². The fraction of sp³-hybridized carbons (Fsp3) is 0.429. The molecule has 1 saturated heterocycles. The molecule has 0 bridgehead atoms. The summed E-state index contributed by atoms with van der Waals surface area (Å²) in [5.41, 5.74) is 1.14. The van der Waals surface area contributed by atoms with Crippen molar-refractivity contribution in [1.29, 1.82) is 0 Å². The number of carboxylic acids is 1. The predicted octanol–water partition coefficient (Wildman–Crippen LogP) is 0.631. The quantitative estimate of drug-likeness (QED) is 0.735. The first kappa shape index (κ1) is 14.5. The molecule has 3 N–H and O–H groups in total. The fourth-order valence-electron chi connectivity index (χ4n) is 2.12. The first-order valence-electron chi connectivity index (χ1n) is 6.57. The van der Waals surface area contributed by atoms with Gasteiger partial charge in [0.15, 0.2) is 0 Å². The van der Waals surface area contributed by atoms with E-state index in [1.165, 1.54) is 0 Å². The lowest BCUT2D eigenvalue weighted by atomic mass is 10.1. The molecule has 1 aromatic carbocycles. The molecule has 108 valence electrons. The van der Waals surface area contributed by atoms with Gasteiger partial charge in [-0.25, -0.2) is 0 Å². The summed E-state index contributed by atoms with van der Waals surface area (Å²) in [6.07, 6.45) is 0.0159. The molecule has 0 saturated carbocycles. The molecular formula is C14H18N2O4. The van der Waals surface area contributed by atoms with Crippen molar-refractivity contribution in [2.75, 3.05) is 25.0 Å². The Morgan fingerprint density at radius 3 is 2.90 bits per heavy atom. The van der Waals surface area contributed by atoms with Crippen molar-refractivity contribution < 1.29 is 19.4 Å². The number of rotatable bonds is 5. The van der Waals surface area contributed by atoms with Crippen LogP contribution in [0.5, 0.6) is 0 Å². The third kappa shape index (κ3) is 4.32. The molecule has 6 heteroatoms. The van der Waals surface area contributed by atoms with Crippen LogP contribution in [0.2, 0.25) is 0 Å². The van der Waals surface area contributed by atoms with Crippen LogP contribution < -0.4 is 10.6 Å². The van der Waals surface area contributed by atoms with Gasteiger partial charge in [0.25, 0.3) is 0 Å². The van der Waals surface area contributed by atoms with Crippen molar-refractivity contribution in [3.63, 3.8) is 0 Å². The number of morpholine rings is 1. The Balaban J connectivity index is 1.94. The van der Waals surface area contributed by atoms with Crippen LogP contribution in [0.3, 0.4) is 0 Å². The molecule has 1 aliphatic heterocycles. The van der Waals surface area contributed by atoms with Crippen LogP contribution >= 0.6 is 0 Å². The Bertz CT molecular complexity index is 484. The van der Waals surface area contributed by atoms with Crippen molar-refractivity contribution >= 4 is 17.6 Å². The number of carboxylic acid groups (broad SMARTS) is 1. The van der Waals surface area contributed by atoms with Gasteiger partial charge in [0.2, 0.25) is 5.91 Å². The first-order chi connectivity index (χ1) is 9.65. The third-order valence-electron chi connectivity index (χ3n) is 3.05. The second-order valence-electron chi connectivity index (χ2n) is 4.68. The number of para-hydroxylation sites is 1. The SMILES string of the molecule is O=C(O)Cc1ccccc1NC(=O)CC1CNCCO1. The number of benzene rings is 1. The van der Waals surface area contributed by atoms with Gasteiger partial charge in [-0.2, -0.15) is 0 Å². The van der Waals surface area contributed by atoms with Crippen LogP contribution in [0.4, 0.5) is 5.69 Å². The molecule has 1 aromatic rings. The van der Waals surface area contributed by atoms with Gasteiger partial charge in [-0.15, -0.1) is 0 Å². The topological polar surface area (TPSA) is 87.7 Å². The molecule has 20 heavy (non-hydrogen) atoms. The molecule has 0 aromatic heterocycles. The minimum absolute atomic E-state index is 0.113. The monoisotopic (exact) mass is 278 g/mol. The average Bonchev–Trinajstić information content (AvgIpc) is 2.41. The van der Waals surface area contributed by atoms with Crippen molar-refractivity contribution in [2.24, 2.45) is 0 Å². The average molecular weight is 278 g/mol. The number of ether oxygens (including phenoxy) is 1. The standard InChI is InChI=1S/C14H18N2O4/c17-13(8-11-9-15-5-6-20-11)16-12-4-2-1-3-10(12)7-14(18)19/h1-4,11,15H,5-9H2,(H,16,17)(H,18,19). The molecule has 0 spiro atoms. The molecule has 0 aliphatic carbocycles. The van der Waals surface area contributed by atoms with Crippen LogP contribution in [-0.4, -0.2) is 42.8 Å². The highest BCUT2D eigenvalue weighted by Crippen LogP contribution is 2.16. The Kier molecular flexibility index (Phi) is 5.09. The minimum Gasteiger partial charge on any atom is -0.481 e. The predicted molar refractivity (Wildman–Crippen MR) is 73.6 cm³/mol. The number of nitrogens with one attached hydrogen (secondary N) is 2. The molecule has 2 rings (SSSR count). The van der Waals surface area contributed by atoms with E-state index >= 15 is 0 Å². The number of amides is 1. The van der Waals surface area contributed by atoms with E-state index in [0.29, 0.717) is 24.4 Å². The number of hydrogen-bond acceptors (Lipinski definition) is 4. The maximum atomic E-state index is 12.0. The molecular weight excluding hydrogens is 260 g/mol. The summed E-state index contributed by atoms with van der Waals surface area (Å²) in [7, 11) is 0. The highest BCUT2D eigenvalue weighted by molar-refractivity contribution is 5.92. The van der Waals surface area contributed by atoms with Crippen molar-refractivity contribution in [3.05, 3.63) is 29.8 Å². The summed E-state index contributed by atoms with van der Waals surface area (Å²) in [5.74, 6) is -1.09. The van der Waals surface area contributed by atoms with Crippen LogP contribution in [0.1, 0.15) is 12.0 Å². The van der Waals surface area contributed by atoms with Gasteiger partial charge in [-0.1, -0.05) is 18.2 Å². The van der Waals surface area contributed by atoms with Gasteiger partial charge in [0.1, 0.15) is 0 Å². The second-order valence-corrected chi connectivity index (χ2v) is 4.68. The maximum absolute atomic E-state index is 12.0. The lowest BCUT2D eigenvalue weighted by molar-refractivity contribution is -0.136. The summed E-state index contributed by atoms with van der Waals surface area (Å²) in [5, 5.41) is 14.8. The zero-order valence-electron chi connectivity index (χ0n) is 11.1. The van der Waals surface area contributed by atoms with Crippen molar-refractivity contribution in [3.8, 4) is 0 Å². The molecule has 0 radical (unpaired) electrons. The summed E-state index contributed by atoms with van der Waals surface area (Å²) in [6.45, 7) is 2.07. The molecule has 1 heterocycles. The van der Waals surface area contributed by atoms with E-state index in [1.807, 2.05) is 0 Å². The van der Waals surface area contributed by atoms with Crippen LogP contribution in [-0.2, 0) is 20.7 Å². The number of carbonyl (C=O) groups excluding carboxylic acids is 1. The van der Waals surface area contributed by atoms with E-state index in [4.69, 9.17) is 9.84 Å². The maximum Gasteiger partial charge on any atom is 0.307 e. The van der Waals surface area contributed by atoms with Crippen LogP contribution in [0, 0.1) is 0 Å². The lowest BCUT2D eigenvalue weighted by Gasteiger charge is -2.23. The Morgan fingerprint density at radius 2 is 2.20 bits per heavy atom. The summed E-state index contributed by atoms with van der Waals surface area (Å²) >= 11 is 0. The van der Waals surface area contributed by atoms with Crippen molar-refractivity contribution in [1.82, 2.24) is 5.32 Å². The normalized spacial score (nSPS) is 18.5. The number of aliphatic carboxylic acids is 1. The van der Waals surface area contributed by atoms with E-state index in [0.717, 1.165) is 6.54 Å². The third-order valence-corrected chi connectivity index (χ3v) is 3.05. The Labute approximate surface area is 117 Å². The van der Waals surface area contributed by atoms with E-state index in [9.17, 15) is 9.59 Å². The molecule has 1 fully saturated rings. The van der Waals surface area contributed by atoms with Crippen LogP contribution in [0.15, 0.2) is 24.3 Å². The first-order valence-corrected chi connectivity index (χ1v) is 6.57. The molecule has 1 amide bonds. The summed E-state index contributed by atoms with van der Waals surface area (Å²) in [6, 6.07) is 6.92. The molecule has 1 aliphatic rings. The van der Waals surface area contributed by atoms with Gasteiger partial charge >= 0.3 is 5.97 Å². The van der Waals surface area contributed by atoms with E-state index in [1.54, 1.807) is 24.3 Å².